The van der Waals surface area contributed by atoms with Crippen LogP contribution in [0.2, 0.25) is 5.02 Å². The van der Waals surface area contributed by atoms with E-state index in [0.717, 1.165) is 57.4 Å². The van der Waals surface area contributed by atoms with Crippen LogP contribution in [-0.2, 0) is 22.2 Å². The second-order valence-electron chi connectivity index (χ2n) is 21.7. The van der Waals surface area contributed by atoms with Crippen molar-refractivity contribution in [3.63, 3.8) is 0 Å². The van der Waals surface area contributed by atoms with Crippen molar-refractivity contribution in [3.05, 3.63) is 105 Å². The molecule has 1 unspecified atom stereocenters. The number of nitrogens with zero attached hydrogens (tertiary/aromatic N) is 5. The van der Waals surface area contributed by atoms with E-state index in [4.69, 9.17) is 26.8 Å². The molecule has 6 aliphatic rings. The van der Waals surface area contributed by atoms with E-state index in [1.165, 1.54) is 33.8 Å². The van der Waals surface area contributed by atoms with Gasteiger partial charge in [-0.25, -0.2) is 17.6 Å². The van der Waals surface area contributed by atoms with Crippen molar-refractivity contribution in [3.8, 4) is 22.6 Å². The molecule has 20 heteroatoms. The number of nitrogens with two attached hydrogens (primary N) is 1. The lowest BCUT2D eigenvalue weighted by Crippen LogP contribution is -2.54. The van der Waals surface area contributed by atoms with Gasteiger partial charge < -0.3 is 50.8 Å². The number of amides is 3. The Morgan fingerprint density at radius 2 is 1.64 bits per heavy atom. The molecule has 0 bridgehead atoms. The van der Waals surface area contributed by atoms with Crippen LogP contribution in [0.3, 0.4) is 0 Å². The van der Waals surface area contributed by atoms with E-state index in [2.05, 4.69) is 25.5 Å². The maximum Gasteiger partial charge on any atom is 0.249 e. The van der Waals surface area contributed by atoms with Crippen LogP contribution in [-0.4, -0.2) is 118 Å². The summed E-state index contributed by atoms with van der Waals surface area (Å²) in [6.07, 6.45) is 4.85. The number of primary amides is 1. The summed E-state index contributed by atoms with van der Waals surface area (Å²) in [6, 6.07) is 14.9. The molecule has 4 aromatic carbocycles. The molecule has 404 valence electrons. The number of hydrogen-bond acceptors (Lipinski definition) is 11. The lowest BCUT2D eigenvalue weighted by molar-refractivity contribution is -0.136. The summed E-state index contributed by atoms with van der Waals surface area (Å²) in [4.78, 5) is 44.7. The summed E-state index contributed by atoms with van der Waals surface area (Å²) < 4.78 is 78.3. The molecule has 5 fully saturated rings. The van der Waals surface area contributed by atoms with E-state index in [-0.39, 0.29) is 106 Å². The summed E-state index contributed by atoms with van der Waals surface area (Å²) in [7, 11) is 1.59. The molecule has 4 aliphatic heterocycles. The van der Waals surface area contributed by atoms with Gasteiger partial charge >= 0.3 is 0 Å². The number of anilines is 1. The van der Waals surface area contributed by atoms with Gasteiger partial charge in [0, 0.05) is 91.9 Å². The number of rotatable bonds is 13. The van der Waals surface area contributed by atoms with Gasteiger partial charge in [0.2, 0.25) is 24.1 Å². The SMILES string of the molecule is C[C@H]1c2c(cc(F)c(Cl)c2-c2c(C(N)=O)ccc(OCCO)c2F)O[C@]1(CNC1CCC(C(=O)N2C[C@@H]3CC(N4CCC(c5c(F)cc6c(N7CCC(=O)NC7O)nn(C)c6c5F)CC4)C[C@H]3C2)CC1)c1ccccc1. The molecule has 3 saturated heterocycles. The van der Waals surface area contributed by atoms with Crippen molar-refractivity contribution in [2.75, 3.05) is 57.4 Å². The Labute approximate surface area is 442 Å². The van der Waals surface area contributed by atoms with Crippen molar-refractivity contribution in [2.24, 2.45) is 30.5 Å². The standard InChI is InChI=1S/C56H63ClF4N8O7/c1-29-44-42(25-40(59)48(57)47(44)46-37(52(62)72)12-13-41(49(46)60)75-21-20-70)76-56(29,34-6-4-3-5-7-34)28-63-35-10-8-31(9-11-35)54(73)68-26-32-22-36(23-33(32)27-68)67-17-14-30(15-18-67)45-39(58)24-38-51(50(45)61)66(2)65-53(38)69-19-16-43(71)64-55(69)74/h3-7,12-13,24-25,29-33,35-36,55,63,70,74H,8-11,14-23,26-28H2,1-2H3,(H2,62,72)(H,64,71)/t29-,31?,32-,33-,35?,55?,56-/m0/s1. The molecule has 2 saturated carbocycles. The van der Waals surface area contributed by atoms with Gasteiger partial charge in [-0.2, -0.15) is 5.10 Å². The summed E-state index contributed by atoms with van der Waals surface area (Å²) in [5.74, 6) is -4.30. The maximum atomic E-state index is 16.5. The van der Waals surface area contributed by atoms with Crippen molar-refractivity contribution < 1.29 is 51.6 Å². The fraction of sp³-hybridized carbons (Fsp3) is 0.500. The molecule has 2 aliphatic carbocycles. The van der Waals surface area contributed by atoms with Gasteiger partial charge in [0.05, 0.1) is 22.6 Å². The second kappa shape index (κ2) is 20.8. The normalized spacial score (nSPS) is 26.2. The van der Waals surface area contributed by atoms with Gasteiger partial charge in [0.15, 0.2) is 28.8 Å². The third-order valence-corrected chi connectivity index (χ3v) is 17.9. The largest absolute Gasteiger partial charge is 0.488 e. The van der Waals surface area contributed by atoms with Crippen molar-refractivity contribution in [2.45, 2.75) is 101 Å². The molecule has 15 nitrogen and oxygen atoms in total. The van der Waals surface area contributed by atoms with E-state index >= 15 is 17.6 Å². The highest BCUT2D eigenvalue weighted by molar-refractivity contribution is 6.34. The quantitative estimate of drug-likeness (QED) is 0.0753. The van der Waals surface area contributed by atoms with Gasteiger partial charge in [0.25, 0.3) is 0 Å². The van der Waals surface area contributed by atoms with Gasteiger partial charge in [-0.1, -0.05) is 48.9 Å². The first-order valence-electron chi connectivity index (χ1n) is 26.5. The predicted octanol–water partition coefficient (Wildman–Crippen LogP) is 7.18. The smallest absolute Gasteiger partial charge is 0.249 e. The minimum Gasteiger partial charge on any atom is -0.488 e. The molecule has 1 aromatic heterocycles. The first-order valence-corrected chi connectivity index (χ1v) is 26.9. The average Bonchev–Trinajstić information content (AvgIpc) is 4.25. The second-order valence-corrected chi connectivity index (χ2v) is 22.1. The summed E-state index contributed by atoms with van der Waals surface area (Å²) in [6.45, 7) is 4.61. The number of piperidine rings is 1. The number of aromatic nitrogens is 2. The number of aliphatic hydroxyl groups is 2. The Morgan fingerprint density at radius 3 is 2.32 bits per heavy atom. The maximum absolute atomic E-state index is 16.5. The Balaban J connectivity index is 0.705. The monoisotopic (exact) mass is 1070 g/mol. The Hall–Kier alpha value is -5.99. The topological polar surface area (TPSA) is 188 Å². The van der Waals surface area contributed by atoms with Crippen LogP contribution in [0.15, 0.2) is 54.6 Å². The number of benzene rings is 4. The van der Waals surface area contributed by atoms with E-state index < -0.39 is 58.7 Å². The highest BCUT2D eigenvalue weighted by Crippen LogP contribution is 2.57. The highest BCUT2D eigenvalue weighted by atomic mass is 35.5. The zero-order chi connectivity index (χ0) is 53.3. The van der Waals surface area contributed by atoms with Crippen LogP contribution in [0.25, 0.3) is 22.0 Å². The third-order valence-electron chi connectivity index (χ3n) is 17.6. The number of aliphatic hydroxyl groups excluding tert-OH is 2. The molecule has 0 spiro atoms. The third kappa shape index (κ3) is 9.12. The first kappa shape index (κ1) is 52.1. The summed E-state index contributed by atoms with van der Waals surface area (Å²) in [5.41, 5.74) is 5.44. The Kier molecular flexibility index (Phi) is 14.2. The fourth-order valence-corrected chi connectivity index (χ4v) is 13.9. The van der Waals surface area contributed by atoms with Crippen molar-refractivity contribution in [1.29, 1.82) is 0 Å². The van der Waals surface area contributed by atoms with Crippen LogP contribution < -0.4 is 30.7 Å². The highest BCUT2D eigenvalue weighted by Gasteiger charge is 2.51. The molecule has 6 N–H and O–H groups in total. The van der Waals surface area contributed by atoms with Crippen molar-refractivity contribution >= 4 is 46.0 Å². The Bertz CT molecular complexity index is 3070. The van der Waals surface area contributed by atoms with Gasteiger partial charge in [-0.15, -0.1) is 0 Å². The number of aryl methyl sites for hydroxylation is 1. The Morgan fingerprint density at radius 1 is 0.934 bits per heavy atom. The molecule has 76 heavy (non-hydrogen) atoms. The number of halogens is 5. The summed E-state index contributed by atoms with van der Waals surface area (Å²) in [5, 5.41) is 30.3. The lowest BCUT2D eigenvalue weighted by atomic mass is 9.77. The van der Waals surface area contributed by atoms with E-state index in [9.17, 15) is 24.6 Å². The van der Waals surface area contributed by atoms with Crippen LogP contribution in [0.4, 0.5) is 23.4 Å². The number of likely N-dealkylation sites (tertiary alicyclic amines) is 2. The van der Waals surface area contributed by atoms with Crippen LogP contribution in [0, 0.1) is 41.0 Å². The van der Waals surface area contributed by atoms with Gasteiger partial charge in [0.1, 0.15) is 29.5 Å². The number of carbonyl (C=O) groups is 3. The van der Waals surface area contributed by atoms with Crippen LogP contribution >= 0.6 is 11.6 Å². The number of hydrogen-bond donors (Lipinski definition) is 5. The van der Waals surface area contributed by atoms with E-state index in [1.807, 2.05) is 37.3 Å². The first-order chi connectivity index (χ1) is 36.6. The number of nitrogens with one attached hydrogen (secondary N) is 2. The van der Waals surface area contributed by atoms with Crippen LogP contribution in [0.1, 0.15) is 104 Å². The molecule has 11 rings (SSSR count). The molecule has 0 radical (unpaired) electrons. The number of carbonyl (C=O) groups excluding carboxylic acids is 3. The van der Waals surface area contributed by atoms with Gasteiger partial charge in [-0.3, -0.25) is 19.1 Å². The van der Waals surface area contributed by atoms with Crippen LogP contribution in [0.5, 0.6) is 11.5 Å². The minimum absolute atomic E-state index is 0.0381. The minimum atomic E-state index is -1.35. The molecular weight excluding hydrogens is 1010 g/mol. The predicted molar refractivity (Wildman–Crippen MR) is 276 cm³/mol. The molecule has 5 atom stereocenters. The lowest BCUT2D eigenvalue weighted by Gasteiger charge is -2.38. The zero-order valence-electron chi connectivity index (χ0n) is 42.5. The average molecular weight is 1070 g/mol. The number of ether oxygens (including phenoxy) is 2. The molecule has 5 aromatic rings. The molecule has 5 heterocycles. The molecular formula is C56H63ClF4N8O7. The van der Waals surface area contributed by atoms with E-state index in [0.29, 0.717) is 49.1 Å². The van der Waals surface area contributed by atoms with Crippen molar-refractivity contribution in [1.82, 2.24) is 30.2 Å². The zero-order valence-corrected chi connectivity index (χ0v) is 43.2. The molecule has 3 amide bonds. The number of fused-ring (bicyclic) bond motifs is 3. The fourth-order valence-electron chi connectivity index (χ4n) is 13.7. The van der Waals surface area contributed by atoms with Gasteiger partial charge in [-0.05, 0) is 106 Å². The van der Waals surface area contributed by atoms with E-state index in [1.54, 1.807) is 7.05 Å². The summed E-state index contributed by atoms with van der Waals surface area (Å²) >= 11 is 6.73.